The number of nitrogens with two attached hydrogens (primary N) is 1. The molecule has 1 aromatic heterocycles. The number of thiazole rings is 1. The summed E-state index contributed by atoms with van der Waals surface area (Å²) >= 11 is 1.70. The minimum absolute atomic E-state index is 0.353. The number of piperidine rings is 1. The zero-order chi connectivity index (χ0) is 15.0. The molecule has 0 radical (unpaired) electrons. The highest BCUT2D eigenvalue weighted by Crippen LogP contribution is 2.33. The fourth-order valence-electron chi connectivity index (χ4n) is 2.90. The Morgan fingerprint density at radius 2 is 2.10 bits per heavy atom. The lowest BCUT2D eigenvalue weighted by atomic mass is 9.80. The third kappa shape index (κ3) is 3.14. The predicted octanol–water partition coefficient (Wildman–Crippen LogP) is 3.33. The van der Waals surface area contributed by atoms with Crippen molar-refractivity contribution in [3.63, 3.8) is 0 Å². The summed E-state index contributed by atoms with van der Waals surface area (Å²) in [6.07, 6.45) is 2.46. The van der Waals surface area contributed by atoms with Gasteiger partial charge in [-0.2, -0.15) is 0 Å². The number of nitrogens with zero attached hydrogens (tertiary/aromatic N) is 2. The van der Waals surface area contributed by atoms with Gasteiger partial charge in [0.2, 0.25) is 0 Å². The summed E-state index contributed by atoms with van der Waals surface area (Å²) in [5.41, 5.74) is 9.43. The summed E-state index contributed by atoms with van der Waals surface area (Å²) in [5.74, 6) is 0. The second-order valence-electron chi connectivity index (χ2n) is 6.61. The molecule has 0 spiro atoms. The standard InChI is InChI=1S/C16H24N4S/c1-11-19-14-9-13(12(17)8-15(14)21-11)18-10-16(2)4-6-20(3)7-5-16/h8-9,18H,4-7,10,17H2,1-3H3. The van der Waals surface area contributed by atoms with Gasteiger partial charge in [-0.3, -0.25) is 0 Å². The lowest BCUT2D eigenvalue weighted by Gasteiger charge is -2.38. The van der Waals surface area contributed by atoms with Gasteiger partial charge in [-0.25, -0.2) is 4.98 Å². The van der Waals surface area contributed by atoms with Gasteiger partial charge in [-0.15, -0.1) is 11.3 Å². The molecule has 4 nitrogen and oxygen atoms in total. The van der Waals surface area contributed by atoms with Gasteiger partial charge >= 0.3 is 0 Å². The van der Waals surface area contributed by atoms with Crippen LogP contribution in [0.3, 0.4) is 0 Å². The molecule has 0 unspecified atom stereocenters. The number of fused-ring (bicyclic) bond motifs is 1. The molecule has 2 aromatic rings. The van der Waals surface area contributed by atoms with Crippen LogP contribution in [0.5, 0.6) is 0 Å². The van der Waals surface area contributed by atoms with Gasteiger partial charge in [0.05, 0.1) is 26.6 Å². The van der Waals surface area contributed by atoms with Crippen molar-refractivity contribution in [2.75, 3.05) is 37.7 Å². The van der Waals surface area contributed by atoms with E-state index in [1.807, 2.05) is 13.0 Å². The maximum absolute atomic E-state index is 6.18. The first-order valence-corrected chi connectivity index (χ1v) is 8.36. The molecule has 0 aliphatic carbocycles. The second-order valence-corrected chi connectivity index (χ2v) is 7.84. The molecule has 1 aromatic carbocycles. The Balaban J connectivity index is 1.74. The number of hydrogen-bond donors (Lipinski definition) is 2. The SMILES string of the molecule is Cc1nc2cc(NCC3(C)CCN(C)CC3)c(N)cc2s1. The van der Waals surface area contributed by atoms with Crippen molar-refractivity contribution >= 4 is 32.9 Å². The number of likely N-dealkylation sites (tertiary alicyclic amines) is 1. The predicted molar refractivity (Wildman–Crippen MR) is 92.1 cm³/mol. The van der Waals surface area contributed by atoms with E-state index in [1.165, 1.54) is 30.6 Å². The first kappa shape index (κ1) is 14.6. The Bertz CT molecular complexity index is 641. The zero-order valence-electron chi connectivity index (χ0n) is 13.1. The number of hydrogen-bond acceptors (Lipinski definition) is 5. The highest BCUT2D eigenvalue weighted by atomic mass is 32.1. The summed E-state index contributed by atoms with van der Waals surface area (Å²) < 4.78 is 1.17. The van der Waals surface area contributed by atoms with Crippen LogP contribution in [0.15, 0.2) is 12.1 Å². The maximum atomic E-state index is 6.18. The molecular weight excluding hydrogens is 280 g/mol. The molecule has 2 heterocycles. The molecule has 1 aliphatic rings. The van der Waals surface area contributed by atoms with E-state index in [4.69, 9.17) is 5.73 Å². The monoisotopic (exact) mass is 304 g/mol. The quantitative estimate of drug-likeness (QED) is 0.854. The fraction of sp³-hybridized carbons (Fsp3) is 0.562. The Kier molecular flexibility index (Phi) is 3.80. The van der Waals surface area contributed by atoms with E-state index < -0.39 is 0 Å². The van der Waals surface area contributed by atoms with Gasteiger partial charge in [-0.1, -0.05) is 6.92 Å². The number of rotatable bonds is 3. The van der Waals surface area contributed by atoms with Crippen LogP contribution >= 0.6 is 11.3 Å². The van der Waals surface area contributed by atoms with Crippen molar-refractivity contribution in [3.05, 3.63) is 17.1 Å². The van der Waals surface area contributed by atoms with Crippen LogP contribution in [0.25, 0.3) is 10.2 Å². The second kappa shape index (κ2) is 5.46. The van der Waals surface area contributed by atoms with E-state index in [9.17, 15) is 0 Å². The minimum Gasteiger partial charge on any atom is -0.397 e. The summed E-state index contributed by atoms with van der Waals surface area (Å²) in [5, 5.41) is 4.65. The Morgan fingerprint density at radius 1 is 1.38 bits per heavy atom. The van der Waals surface area contributed by atoms with Crippen LogP contribution in [0, 0.1) is 12.3 Å². The molecule has 0 saturated carbocycles. The van der Waals surface area contributed by atoms with Crippen molar-refractivity contribution in [1.82, 2.24) is 9.88 Å². The van der Waals surface area contributed by atoms with Gasteiger partial charge < -0.3 is 16.0 Å². The van der Waals surface area contributed by atoms with Crippen LogP contribution in [0.1, 0.15) is 24.8 Å². The summed E-state index contributed by atoms with van der Waals surface area (Å²) in [4.78, 5) is 6.96. The molecule has 3 N–H and O–H groups in total. The highest BCUT2D eigenvalue weighted by molar-refractivity contribution is 7.18. The average Bonchev–Trinajstić information content (AvgIpc) is 2.79. The lowest BCUT2D eigenvalue weighted by molar-refractivity contribution is 0.150. The first-order valence-electron chi connectivity index (χ1n) is 7.54. The Hall–Kier alpha value is -1.33. The third-order valence-electron chi connectivity index (χ3n) is 4.57. The minimum atomic E-state index is 0.353. The third-order valence-corrected chi connectivity index (χ3v) is 5.50. The first-order chi connectivity index (χ1) is 9.95. The molecule has 3 rings (SSSR count). The van der Waals surface area contributed by atoms with Gasteiger partial charge in [-0.05, 0) is 57.5 Å². The molecule has 0 atom stereocenters. The lowest BCUT2D eigenvalue weighted by Crippen LogP contribution is -2.40. The van der Waals surface area contributed by atoms with Crippen molar-refractivity contribution in [3.8, 4) is 0 Å². The van der Waals surface area contributed by atoms with Crippen LogP contribution in [0.2, 0.25) is 0 Å². The van der Waals surface area contributed by atoms with Gasteiger partial charge in [0.1, 0.15) is 0 Å². The van der Waals surface area contributed by atoms with Crippen LogP contribution in [0.4, 0.5) is 11.4 Å². The summed E-state index contributed by atoms with van der Waals surface area (Å²) in [6, 6.07) is 4.13. The number of nitrogen functional groups attached to an aromatic ring is 1. The molecule has 21 heavy (non-hydrogen) atoms. The van der Waals surface area contributed by atoms with Crippen molar-refractivity contribution in [2.24, 2.45) is 5.41 Å². The normalized spacial score (nSPS) is 19.0. The molecule has 5 heteroatoms. The molecule has 114 valence electrons. The van der Waals surface area contributed by atoms with Crippen molar-refractivity contribution in [2.45, 2.75) is 26.7 Å². The number of benzene rings is 1. The number of anilines is 2. The van der Waals surface area contributed by atoms with Crippen molar-refractivity contribution < 1.29 is 0 Å². The van der Waals surface area contributed by atoms with Gasteiger partial charge in [0.15, 0.2) is 0 Å². The smallest absolute Gasteiger partial charge is 0.0907 e. The number of nitrogens with one attached hydrogen (secondary N) is 1. The van der Waals surface area contributed by atoms with E-state index >= 15 is 0 Å². The van der Waals surface area contributed by atoms with Crippen LogP contribution in [-0.4, -0.2) is 36.6 Å². The van der Waals surface area contributed by atoms with E-state index in [1.54, 1.807) is 11.3 Å². The van der Waals surface area contributed by atoms with E-state index in [0.29, 0.717) is 5.41 Å². The topological polar surface area (TPSA) is 54.2 Å². The van der Waals surface area contributed by atoms with Crippen LogP contribution < -0.4 is 11.1 Å². The highest BCUT2D eigenvalue weighted by Gasteiger charge is 2.28. The zero-order valence-corrected chi connectivity index (χ0v) is 13.9. The van der Waals surface area contributed by atoms with E-state index in [-0.39, 0.29) is 0 Å². The van der Waals surface area contributed by atoms with E-state index in [2.05, 4.69) is 35.2 Å². The molecule has 1 aliphatic heterocycles. The molecule has 0 amide bonds. The van der Waals surface area contributed by atoms with Crippen molar-refractivity contribution in [1.29, 1.82) is 0 Å². The molecular formula is C16H24N4S. The summed E-state index contributed by atoms with van der Waals surface area (Å²) in [7, 11) is 2.20. The van der Waals surface area contributed by atoms with Gasteiger partial charge in [0.25, 0.3) is 0 Å². The molecule has 0 bridgehead atoms. The number of aromatic nitrogens is 1. The van der Waals surface area contributed by atoms with Crippen LogP contribution in [-0.2, 0) is 0 Å². The summed E-state index contributed by atoms with van der Waals surface area (Å²) in [6.45, 7) is 7.73. The van der Waals surface area contributed by atoms with E-state index in [0.717, 1.165) is 28.4 Å². The maximum Gasteiger partial charge on any atom is 0.0907 e. The molecule has 1 fully saturated rings. The Morgan fingerprint density at radius 3 is 2.81 bits per heavy atom. The fourth-order valence-corrected chi connectivity index (χ4v) is 3.76. The largest absolute Gasteiger partial charge is 0.397 e. The molecule has 1 saturated heterocycles. The Labute approximate surface area is 130 Å². The van der Waals surface area contributed by atoms with Gasteiger partial charge in [0, 0.05) is 6.54 Å². The number of aryl methyl sites for hydroxylation is 1. The average molecular weight is 304 g/mol.